The lowest BCUT2D eigenvalue weighted by Gasteiger charge is -2.15. The van der Waals surface area contributed by atoms with Crippen LogP contribution in [0.4, 0.5) is 0 Å². The van der Waals surface area contributed by atoms with Gasteiger partial charge in [-0.25, -0.2) is 0 Å². The maximum atomic E-state index is 12.5. The molecule has 3 heteroatoms. The van der Waals surface area contributed by atoms with E-state index in [9.17, 15) is 4.79 Å². The average Bonchev–Trinajstić information content (AvgIpc) is 3.16. The molecule has 4 rings (SSSR count). The lowest BCUT2D eigenvalue weighted by Crippen LogP contribution is -2.32. The number of amides is 1. The van der Waals surface area contributed by atoms with Gasteiger partial charge in [-0.15, -0.1) is 0 Å². The minimum Gasteiger partial charge on any atom is -0.352 e. The molecule has 2 aliphatic carbocycles. The molecule has 1 amide bonds. The van der Waals surface area contributed by atoms with Crippen LogP contribution in [0.2, 0.25) is 0 Å². The van der Waals surface area contributed by atoms with Gasteiger partial charge in [-0.2, -0.15) is 0 Å². The van der Waals surface area contributed by atoms with Gasteiger partial charge in [0.15, 0.2) is 0 Å². The first kappa shape index (κ1) is 13.1. The molecule has 1 fully saturated rings. The monoisotopic (exact) mass is 282 g/mol. The molecule has 1 heterocycles. The van der Waals surface area contributed by atoms with E-state index >= 15 is 0 Å². The van der Waals surface area contributed by atoms with Gasteiger partial charge in [0, 0.05) is 24.4 Å². The number of carbonyl (C=O) groups excluding carboxylic acids is 1. The molecule has 1 aromatic carbocycles. The highest BCUT2D eigenvalue weighted by Crippen LogP contribution is 2.61. The van der Waals surface area contributed by atoms with E-state index in [0.29, 0.717) is 0 Å². The summed E-state index contributed by atoms with van der Waals surface area (Å²) in [5.74, 6) is 0.453. The highest BCUT2D eigenvalue weighted by Gasteiger charge is 2.61. The smallest absolute Gasteiger partial charge is 0.224 e. The van der Waals surface area contributed by atoms with Crippen molar-refractivity contribution in [3.05, 3.63) is 47.0 Å². The summed E-state index contributed by atoms with van der Waals surface area (Å²) in [6.07, 6.45) is 6.58. The van der Waals surface area contributed by atoms with Crippen LogP contribution in [0.25, 0.3) is 0 Å². The van der Waals surface area contributed by atoms with Gasteiger partial charge in [0.1, 0.15) is 0 Å². The fourth-order valence-corrected chi connectivity index (χ4v) is 4.09. The van der Waals surface area contributed by atoms with E-state index in [1.807, 2.05) is 0 Å². The number of carbonyl (C=O) groups is 1. The molecule has 1 spiro atoms. The van der Waals surface area contributed by atoms with Crippen molar-refractivity contribution in [2.45, 2.75) is 31.1 Å². The Hall–Kier alpha value is -1.61. The SMILES string of the molecule is O=C(NCC1=CCNCC1)C1CC12CCc1ccccc12. The molecule has 110 valence electrons. The van der Waals surface area contributed by atoms with Gasteiger partial charge >= 0.3 is 0 Å². The van der Waals surface area contributed by atoms with Crippen molar-refractivity contribution in [1.29, 1.82) is 0 Å². The number of benzene rings is 1. The van der Waals surface area contributed by atoms with Gasteiger partial charge in [-0.3, -0.25) is 4.79 Å². The second-order valence-corrected chi connectivity index (χ2v) is 6.60. The third-order valence-electron chi connectivity index (χ3n) is 5.43. The molecule has 1 aliphatic heterocycles. The lowest BCUT2D eigenvalue weighted by molar-refractivity contribution is -0.122. The Labute approximate surface area is 125 Å². The van der Waals surface area contributed by atoms with Crippen molar-refractivity contribution in [2.24, 2.45) is 5.92 Å². The number of rotatable bonds is 3. The molecule has 2 atom stereocenters. The molecule has 3 nitrogen and oxygen atoms in total. The van der Waals surface area contributed by atoms with Gasteiger partial charge in [0.2, 0.25) is 5.91 Å². The molecular formula is C18H22N2O. The molecule has 0 aromatic heterocycles. The van der Waals surface area contributed by atoms with Crippen LogP contribution in [-0.2, 0) is 16.6 Å². The fourth-order valence-electron chi connectivity index (χ4n) is 4.09. The molecule has 1 aromatic rings. The molecule has 0 bridgehead atoms. The predicted octanol–water partition coefficient (Wildman–Crippen LogP) is 1.93. The average molecular weight is 282 g/mol. The summed E-state index contributed by atoms with van der Waals surface area (Å²) in [6.45, 7) is 2.70. The van der Waals surface area contributed by atoms with Crippen molar-refractivity contribution < 1.29 is 4.79 Å². The van der Waals surface area contributed by atoms with Crippen LogP contribution in [0.1, 0.15) is 30.4 Å². The van der Waals surface area contributed by atoms with E-state index in [2.05, 4.69) is 41.0 Å². The molecule has 1 saturated carbocycles. The second-order valence-electron chi connectivity index (χ2n) is 6.60. The number of hydrogen-bond acceptors (Lipinski definition) is 2. The van der Waals surface area contributed by atoms with Gasteiger partial charge in [-0.1, -0.05) is 35.9 Å². The van der Waals surface area contributed by atoms with E-state index in [0.717, 1.165) is 45.3 Å². The quantitative estimate of drug-likeness (QED) is 0.832. The summed E-state index contributed by atoms with van der Waals surface area (Å²) >= 11 is 0. The third kappa shape index (κ3) is 2.20. The summed E-state index contributed by atoms with van der Waals surface area (Å²) in [5.41, 5.74) is 4.42. The van der Waals surface area contributed by atoms with Crippen LogP contribution in [0, 0.1) is 5.92 Å². The Bertz CT molecular complexity index is 607. The molecular weight excluding hydrogens is 260 g/mol. The maximum Gasteiger partial charge on any atom is 0.224 e. The summed E-state index contributed by atoms with van der Waals surface area (Å²) < 4.78 is 0. The fraction of sp³-hybridized carbons (Fsp3) is 0.500. The first-order valence-electron chi connectivity index (χ1n) is 8.04. The summed E-state index contributed by atoms with van der Waals surface area (Å²) in [7, 11) is 0. The van der Waals surface area contributed by atoms with Crippen LogP contribution in [0.15, 0.2) is 35.9 Å². The van der Waals surface area contributed by atoms with Crippen molar-refractivity contribution in [3.63, 3.8) is 0 Å². The molecule has 21 heavy (non-hydrogen) atoms. The van der Waals surface area contributed by atoms with Crippen LogP contribution < -0.4 is 10.6 Å². The highest BCUT2D eigenvalue weighted by atomic mass is 16.2. The summed E-state index contributed by atoms with van der Waals surface area (Å²) in [4.78, 5) is 12.5. The number of fused-ring (bicyclic) bond motifs is 2. The van der Waals surface area contributed by atoms with Crippen molar-refractivity contribution >= 4 is 5.91 Å². The zero-order valence-electron chi connectivity index (χ0n) is 12.3. The Kier molecular flexibility index (Phi) is 3.11. The molecule has 0 radical (unpaired) electrons. The van der Waals surface area contributed by atoms with Crippen LogP contribution >= 0.6 is 0 Å². The second kappa shape index (κ2) is 4.99. The minimum atomic E-state index is 0.170. The van der Waals surface area contributed by atoms with Gasteiger partial charge in [0.05, 0.1) is 0 Å². The van der Waals surface area contributed by atoms with Gasteiger partial charge in [-0.05, 0) is 43.4 Å². The topological polar surface area (TPSA) is 41.1 Å². The van der Waals surface area contributed by atoms with Gasteiger partial charge < -0.3 is 10.6 Å². The standard InChI is InChI=1S/C18H22N2O/c21-17(20-12-13-6-9-19-10-7-13)16-11-18(16)8-5-14-3-1-2-4-15(14)18/h1-4,6,16,19H,5,7-12H2,(H,20,21). The Morgan fingerprint density at radius 3 is 3.10 bits per heavy atom. The maximum absolute atomic E-state index is 12.5. The number of hydrogen-bond donors (Lipinski definition) is 2. The van der Waals surface area contributed by atoms with E-state index in [1.54, 1.807) is 0 Å². The van der Waals surface area contributed by atoms with Gasteiger partial charge in [0.25, 0.3) is 0 Å². The van der Waals surface area contributed by atoms with Crippen molar-refractivity contribution in [2.75, 3.05) is 19.6 Å². The molecule has 2 unspecified atom stereocenters. The summed E-state index contributed by atoms with van der Waals surface area (Å²) in [6, 6.07) is 8.67. The minimum absolute atomic E-state index is 0.170. The number of nitrogens with one attached hydrogen (secondary N) is 2. The Morgan fingerprint density at radius 1 is 1.33 bits per heavy atom. The van der Waals surface area contributed by atoms with Crippen LogP contribution in [0.3, 0.4) is 0 Å². The van der Waals surface area contributed by atoms with Crippen molar-refractivity contribution in [1.82, 2.24) is 10.6 Å². The van der Waals surface area contributed by atoms with E-state index in [4.69, 9.17) is 0 Å². The first-order chi connectivity index (χ1) is 10.3. The normalized spacial score (nSPS) is 29.9. The summed E-state index contributed by atoms with van der Waals surface area (Å²) in [5, 5.41) is 6.46. The Morgan fingerprint density at radius 2 is 2.24 bits per heavy atom. The van der Waals surface area contributed by atoms with E-state index in [1.165, 1.54) is 16.7 Å². The zero-order valence-corrected chi connectivity index (χ0v) is 12.3. The molecule has 2 N–H and O–H groups in total. The van der Waals surface area contributed by atoms with Crippen LogP contribution in [0.5, 0.6) is 0 Å². The lowest BCUT2D eigenvalue weighted by atomic mass is 9.95. The first-order valence-corrected chi connectivity index (χ1v) is 8.04. The number of aryl methyl sites for hydroxylation is 1. The zero-order chi connectivity index (χ0) is 14.3. The van der Waals surface area contributed by atoms with Crippen molar-refractivity contribution in [3.8, 4) is 0 Å². The third-order valence-corrected chi connectivity index (χ3v) is 5.43. The molecule has 3 aliphatic rings. The van der Waals surface area contributed by atoms with E-state index in [-0.39, 0.29) is 17.2 Å². The Balaban J connectivity index is 1.41. The molecule has 0 saturated heterocycles. The largest absolute Gasteiger partial charge is 0.352 e. The van der Waals surface area contributed by atoms with Crippen LogP contribution in [-0.4, -0.2) is 25.5 Å². The van der Waals surface area contributed by atoms with E-state index < -0.39 is 0 Å². The predicted molar refractivity (Wildman–Crippen MR) is 83.1 cm³/mol. The highest BCUT2D eigenvalue weighted by molar-refractivity contribution is 5.85.